The number of hydrogen-bond acceptors (Lipinski definition) is 4. The van der Waals surface area contributed by atoms with Gasteiger partial charge in [-0.25, -0.2) is 4.68 Å². The van der Waals surface area contributed by atoms with E-state index in [9.17, 15) is 0 Å². The number of likely N-dealkylation sites (N-methyl/N-ethyl adjacent to an activating group) is 1. The largest absolute Gasteiger partial charge is 0.476 e. The van der Waals surface area contributed by atoms with Crippen LogP contribution in [-0.2, 0) is 12.0 Å². The molecule has 4 rings (SSSR count). The smallest absolute Gasteiger partial charge is 0.220 e. The van der Waals surface area contributed by atoms with Crippen molar-refractivity contribution in [3.05, 3.63) is 47.7 Å². The second kappa shape index (κ2) is 5.85. The molecule has 1 aromatic carbocycles. The Balaban J connectivity index is 1.99. The van der Waals surface area contributed by atoms with Gasteiger partial charge < -0.3 is 4.74 Å². The van der Waals surface area contributed by atoms with Crippen LogP contribution in [0.3, 0.4) is 0 Å². The lowest BCUT2D eigenvalue weighted by molar-refractivity contribution is 0.254. The number of fused-ring (bicyclic) bond motifs is 2. The lowest BCUT2D eigenvalue weighted by Gasteiger charge is -2.16. The third-order valence-electron chi connectivity index (χ3n) is 4.56. The van der Waals surface area contributed by atoms with E-state index in [0.29, 0.717) is 6.61 Å². The summed E-state index contributed by atoms with van der Waals surface area (Å²) in [6, 6.07) is 12.4. The van der Waals surface area contributed by atoms with Crippen molar-refractivity contribution in [2.24, 2.45) is 0 Å². The third kappa shape index (κ3) is 2.89. The topological polar surface area (TPSA) is 43.2 Å². The van der Waals surface area contributed by atoms with E-state index in [4.69, 9.17) is 14.8 Å². The lowest BCUT2D eigenvalue weighted by atomic mass is 9.90. The number of nitrogens with zero attached hydrogens (tertiary/aromatic N) is 4. The molecule has 2 aromatic heterocycles. The van der Waals surface area contributed by atoms with Crippen LogP contribution < -0.4 is 4.74 Å². The molecule has 5 heteroatoms. The van der Waals surface area contributed by atoms with Gasteiger partial charge in [-0.1, -0.05) is 39.0 Å². The van der Waals surface area contributed by atoms with Gasteiger partial charge in [0.15, 0.2) is 5.65 Å². The third-order valence-corrected chi connectivity index (χ3v) is 4.56. The van der Waals surface area contributed by atoms with Gasteiger partial charge in [0.25, 0.3) is 0 Å². The highest BCUT2D eigenvalue weighted by molar-refractivity contribution is 5.82. The summed E-state index contributed by atoms with van der Waals surface area (Å²) >= 11 is 0. The standard InChI is InChI=1S/C20H24N4O/c1-20(2,3)17-16-12-14-13-23(4)10-11-25-19(14)21-18(16)24(22-17)15-8-6-5-7-9-15/h5-9,12H,10-11,13H2,1-4H3. The first-order chi connectivity index (χ1) is 11.9. The molecule has 0 saturated heterocycles. The Hall–Kier alpha value is -2.40. The molecule has 0 fully saturated rings. The minimum absolute atomic E-state index is 0.0638. The van der Waals surface area contributed by atoms with E-state index in [-0.39, 0.29) is 5.41 Å². The predicted octanol–water partition coefficient (Wildman–Crippen LogP) is 3.54. The molecule has 130 valence electrons. The molecule has 0 amide bonds. The zero-order valence-electron chi connectivity index (χ0n) is 15.3. The maximum Gasteiger partial charge on any atom is 0.220 e. The molecule has 0 atom stereocenters. The van der Waals surface area contributed by atoms with Crippen LogP contribution in [0.1, 0.15) is 32.0 Å². The van der Waals surface area contributed by atoms with Crippen LogP contribution in [0, 0.1) is 0 Å². The average molecular weight is 336 g/mol. The molecule has 0 bridgehead atoms. The maximum atomic E-state index is 5.92. The van der Waals surface area contributed by atoms with Gasteiger partial charge in [-0.3, -0.25) is 4.90 Å². The summed E-state index contributed by atoms with van der Waals surface area (Å²) in [5.74, 6) is 0.731. The van der Waals surface area contributed by atoms with Gasteiger partial charge in [-0.15, -0.1) is 0 Å². The van der Waals surface area contributed by atoms with Crippen molar-refractivity contribution in [3.63, 3.8) is 0 Å². The fourth-order valence-corrected chi connectivity index (χ4v) is 3.28. The summed E-state index contributed by atoms with van der Waals surface area (Å²) in [6.07, 6.45) is 0. The molecular weight excluding hydrogens is 312 g/mol. The quantitative estimate of drug-likeness (QED) is 0.682. The number of ether oxygens (including phenoxy) is 1. The molecule has 5 nitrogen and oxygen atoms in total. The van der Waals surface area contributed by atoms with Crippen molar-refractivity contribution in [2.45, 2.75) is 32.7 Å². The summed E-state index contributed by atoms with van der Waals surface area (Å²) in [5, 5.41) is 6.04. The molecule has 0 spiro atoms. The van der Waals surface area contributed by atoms with E-state index in [1.807, 2.05) is 22.9 Å². The highest BCUT2D eigenvalue weighted by atomic mass is 16.5. The number of pyridine rings is 1. The van der Waals surface area contributed by atoms with Gasteiger partial charge in [0, 0.05) is 29.5 Å². The molecule has 1 aliphatic rings. The fourth-order valence-electron chi connectivity index (χ4n) is 3.28. The number of benzene rings is 1. The molecule has 3 heterocycles. The fraction of sp³-hybridized carbons (Fsp3) is 0.400. The van der Waals surface area contributed by atoms with Crippen LogP contribution in [0.5, 0.6) is 5.88 Å². The minimum atomic E-state index is -0.0638. The summed E-state index contributed by atoms with van der Waals surface area (Å²) in [7, 11) is 2.11. The first kappa shape index (κ1) is 16.1. The Labute approximate surface area is 148 Å². The Morgan fingerprint density at radius 3 is 2.60 bits per heavy atom. The Morgan fingerprint density at radius 1 is 1.12 bits per heavy atom. The van der Waals surface area contributed by atoms with Crippen molar-refractivity contribution in [1.82, 2.24) is 19.7 Å². The van der Waals surface area contributed by atoms with Gasteiger partial charge in [-0.2, -0.15) is 10.1 Å². The van der Waals surface area contributed by atoms with E-state index < -0.39 is 0 Å². The zero-order chi connectivity index (χ0) is 17.6. The van der Waals surface area contributed by atoms with Crippen LogP contribution in [0.4, 0.5) is 0 Å². The van der Waals surface area contributed by atoms with Gasteiger partial charge in [0.2, 0.25) is 5.88 Å². The summed E-state index contributed by atoms with van der Waals surface area (Å²) in [5.41, 5.74) is 4.01. The minimum Gasteiger partial charge on any atom is -0.476 e. The van der Waals surface area contributed by atoms with Crippen molar-refractivity contribution in [2.75, 3.05) is 20.2 Å². The average Bonchev–Trinajstić information content (AvgIpc) is 2.84. The predicted molar refractivity (Wildman–Crippen MR) is 99.4 cm³/mol. The van der Waals surface area contributed by atoms with E-state index in [2.05, 4.69) is 50.9 Å². The molecule has 0 aliphatic carbocycles. The molecule has 0 unspecified atom stereocenters. The molecule has 0 N–H and O–H groups in total. The Bertz CT molecular complexity index is 909. The van der Waals surface area contributed by atoms with Crippen molar-refractivity contribution in [1.29, 1.82) is 0 Å². The van der Waals surface area contributed by atoms with E-state index in [0.717, 1.165) is 46.9 Å². The summed E-state index contributed by atoms with van der Waals surface area (Å²) in [6.45, 7) is 8.99. The molecule has 1 aliphatic heterocycles. The van der Waals surface area contributed by atoms with Crippen molar-refractivity contribution in [3.8, 4) is 11.6 Å². The SMILES string of the molecule is CN1CCOc2nc3c(cc2C1)c(C(C)(C)C)nn3-c1ccccc1. The Morgan fingerprint density at radius 2 is 1.88 bits per heavy atom. The van der Waals surface area contributed by atoms with Crippen LogP contribution in [0.2, 0.25) is 0 Å². The highest BCUT2D eigenvalue weighted by Gasteiger charge is 2.26. The Kier molecular flexibility index (Phi) is 3.76. The van der Waals surface area contributed by atoms with Crippen LogP contribution in [-0.4, -0.2) is 39.9 Å². The summed E-state index contributed by atoms with van der Waals surface area (Å²) in [4.78, 5) is 7.13. The monoisotopic (exact) mass is 336 g/mol. The first-order valence-corrected chi connectivity index (χ1v) is 8.73. The number of rotatable bonds is 1. The van der Waals surface area contributed by atoms with E-state index >= 15 is 0 Å². The van der Waals surface area contributed by atoms with Gasteiger partial charge in [-0.05, 0) is 25.2 Å². The van der Waals surface area contributed by atoms with Gasteiger partial charge in [0.05, 0.1) is 11.4 Å². The van der Waals surface area contributed by atoms with Crippen LogP contribution in [0.25, 0.3) is 16.7 Å². The molecule has 3 aromatic rings. The van der Waals surface area contributed by atoms with Crippen molar-refractivity contribution < 1.29 is 4.74 Å². The van der Waals surface area contributed by atoms with Crippen LogP contribution in [0.15, 0.2) is 36.4 Å². The number of para-hydroxylation sites is 1. The zero-order valence-corrected chi connectivity index (χ0v) is 15.3. The van der Waals surface area contributed by atoms with Crippen molar-refractivity contribution >= 4 is 11.0 Å². The molecule has 0 saturated carbocycles. The number of aromatic nitrogens is 3. The number of hydrogen-bond donors (Lipinski definition) is 0. The maximum absolute atomic E-state index is 5.92. The van der Waals surface area contributed by atoms with Gasteiger partial charge in [0.1, 0.15) is 6.61 Å². The van der Waals surface area contributed by atoms with E-state index in [1.54, 1.807) is 0 Å². The van der Waals surface area contributed by atoms with E-state index in [1.165, 1.54) is 0 Å². The first-order valence-electron chi connectivity index (χ1n) is 8.73. The van der Waals surface area contributed by atoms with Gasteiger partial charge >= 0.3 is 0 Å². The molecule has 25 heavy (non-hydrogen) atoms. The second-order valence-electron chi connectivity index (χ2n) is 7.76. The molecular formula is C20H24N4O. The second-order valence-corrected chi connectivity index (χ2v) is 7.76. The lowest BCUT2D eigenvalue weighted by Crippen LogP contribution is -2.20. The summed E-state index contributed by atoms with van der Waals surface area (Å²) < 4.78 is 7.86. The normalized spacial score (nSPS) is 15.7. The van der Waals surface area contributed by atoms with Crippen LogP contribution >= 0.6 is 0 Å². The highest BCUT2D eigenvalue weighted by Crippen LogP contribution is 2.33. The molecule has 0 radical (unpaired) electrons.